The number of carbonyl (C=O) groups excluding carboxylic acids is 1. The monoisotopic (exact) mass is 378 g/mol. The average Bonchev–Trinajstić information content (AvgIpc) is 3.07. The molecule has 1 aromatic rings. The molecule has 0 aliphatic carbocycles. The molecule has 148 valence electrons. The van der Waals surface area contributed by atoms with Gasteiger partial charge >= 0.3 is 5.97 Å². The molecule has 1 aromatic carbocycles. The highest BCUT2D eigenvalue weighted by Crippen LogP contribution is 2.47. The zero-order chi connectivity index (χ0) is 19.0. The summed E-state index contributed by atoms with van der Waals surface area (Å²) in [7, 11) is 0. The fourth-order valence-electron chi connectivity index (χ4n) is 5.53. The Labute approximate surface area is 159 Å². The summed E-state index contributed by atoms with van der Waals surface area (Å²) in [6.45, 7) is 5.86. The van der Waals surface area contributed by atoms with E-state index < -0.39 is 11.6 Å². The number of carbonyl (C=O) groups is 1. The van der Waals surface area contributed by atoms with E-state index in [1.807, 2.05) is 6.92 Å². The van der Waals surface area contributed by atoms with Crippen LogP contribution in [0.25, 0.3) is 0 Å². The predicted molar refractivity (Wildman–Crippen MR) is 98.4 cm³/mol. The molecule has 0 radical (unpaired) electrons. The van der Waals surface area contributed by atoms with Crippen molar-refractivity contribution in [1.29, 1.82) is 0 Å². The van der Waals surface area contributed by atoms with E-state index in [0.717, 1.165) is 32.6 Å². The van der Waals surface area contributed by atoms with Crippen molar-refractivity contribution in [2.75, 3.05) is 32.8 Å². The molecular weight excluding hydrogens is 350 g/mol. The van der Waals surface area contributed by atoms with Crippen LogP contribution >= 0.6 is 0 Å². The highest BCUT2D eigenvalue weighted by atomic mass is 19.2. The Morgan fingerprint density at radius 2 is 2.00 bits per heavy atom. The SMILES string of the molecule is CCOC(=O)CCCN1C[C@H](c2cccc(F)c2F)[C@@H]2[C@H]1C1CCN2CC1. The molecule has 0 saturated carbocycles. The van der Waals surface area contributed by atoms with Crippen LogP contribution in [-0.2, 0) is 9.53 Å². The van der Waals surface area contributed by atoms with Crippen molar-refractivity contribution in [2.45, 2.75) is 50.6 Å². The number of ether oxygens (including phenoxy) is 1. The Kier molecular flexibility index (Phi) is 5.46. The molecule has 4 heterocycles. The Morgan fingerprint density at radius 1 is 1.22 bits per heavy atom. The topological polar surface area (TPSA) is 32.8 Å². The van der Waals surface area contributed by atoms with Crippen LogP contribution in [0.3, 0.4) is 0 Å². The van der Waals surface area contributed by atoms with Gasteiger partial charge in [-0.25, -0.2) is 8.78 Å². The molecule has 0 spiro atoms. The smallest absolute Gasteiger partial charge is 0.305 e. The van der Waals surface area contributed by atoms with Crippen molar-refractivity contribution < 1.29 is 18.3 Å². The Morgan fingerprint density at radius 3 is 2.74 bits per heavy atom. The lowest BCUT2D eigenvalue weighted by Crippen LogP contribution is -2.60. The summed E-state index contributed by atoms with van der Waals surface area (Å²) in [5, 5.41) is 0. The van der Waals surface area contributed by atoms with E-state index in [9.17, 15) is 13.6 Å². The number of hydrogen-bond donors (Lipinski definition) is 0. The van der Waals surface area contributed by atoms with Crippen molar-refractivity contribution in [3.63, 3.8) is 0 Å². The van der Waals surface area contributed by atoms with Gasteiger partial charge in [-0.15, -0.1) is 0 Å². The number of benzene rings is 1. The quantitative estimate of drug-likeness (QED) is 0.712. The summed E-state index contributed by atoms with van der Waals surface area (Å²) in [6.07, 6.45) is 3.50. The summed E-state index contributed by atoms with van der Waals surface area (Å²) in [6, 6.07) is 5.17. The Hall–Kier alpha value is -1.53. The first-order chi connectivity index (χ1) is 13.1. The van der Waals surface area contributed by atoms with Crippen molar-refractivity contribution >= 4 is 5.97 Å². The molecule has 4 saturated heterocycles. The minimum Gasteiger partial charge on any atom is -0.466 e. The Balaban J connectivity index is 1.53. The van der Waals surface area contributed by atoms with Crippen LogP contribution < -0.4 is 0 Å². The van der Waals surface area contributed by atoms with Crippen molar-refractivity contribution in [3.05, 3.63) is 35.4 Å². The van der Waals surface area contributed by atoms with Gasteiger partial charge in [0, 0.05) is 31.0 Å². The first-order valence-electron chi connectivity index (χ1n) is 10.2. The third kappa shape index (κ3) is 3.49. The van der Waals surface area contributed by atoms with Gasteiger partial charge in [0.1, 0.15) is 0 Å². The van der Waals surface area contributed by atoms with Crippen LogP contribution in [0.1, 0.15) is 44.1 Å². The summed E-state index contributed by atoms with van der Waals surface area (Å²) < 4.78 is 33.4. The summed E-state index contributed by atoms with van der Waals surface area (Å²) in [5.74, 6) is -1.02. The lowest BCUT2D eigenvalue weighted by molar-refractivity contribution is -0.143. The molecular formula is C21H28F2N2O2. The molecule has 0 N–H and O–H groups in total. The maximum Gasteiger partial charge on any atom is 0.305 e. The van der Waals surface area contributed by atoms with Gasteiger partial charge in [-0.2, -0.15) is 0 Å². The van der Waals surface area contributed by atoms with E-state index in [0.29, 0.717) is 30.6 Å². The third-order valence-corrected chi connectivity index (χ3v) is 6.61. The van der Waals surface area contributed by atoms with Gasteiger partial charge < -0.3 is 4.74 Å². The van der Waals surface area contributed by atoms with E-state index >= 15 is 0 Å². The summed E-state index contributed by atoms with van der Waals surface area (Å²) in [4.78, 5) is 16.6. The molecule has 2 bridgehead atoms. The van der Waals surface area contributed by atoms with Gasteiger partial charge in [0.15, 0.2) is 11.6 Å². The first-order valence-corrected chi connectivity index (χ1v) is 10.2. The molecule has 4 aliphatic heterocycles. The van der Waals surface area contributed by atoms with Gasteiger partial charge in [-0.3, -0.25) is 14.6 Å². The van der Waals surface area contributed by atoms with Gasteiger partial charge in [-0.1, -0.05) is 12.1 Å². The second kappa shape index (κ2) is 7.84. The zero-order valence-corrected chi connectivity index (χ0v) is 15.9. The lowest BCUT2D eigenvalue weighted by atomic mass is 9.75. The number of fused-ring (bicyclic) bond motifs is 2. The van der Waals surface area contributed by atoms with E-state index in [1.54, 1.807) is 12.1 Å². The molecule has 3 atom stereocenters. The van der Waals surface area contributed by atoms with Gasteiger partial charge in [0.2, 0.25) is 0 Å². The molecule has 0 amide bonds. The van der Waals surface area contributed by atoms with Gasteiger partial charge in [0.05, 0.1) is 6.61 Å². The van der Waals surface area contributed by atoms with E-state index in [4.69, 9.17) is 4.74 Å². The molecule has 27 heavy (non-hydrogen) atoms. The second-order valence-corrected chi connectivity index (χ2v) is 8.01. The molecule has 4 nitrogen and oxygen atoms in total. The molecule has 0 aromatic heterocycles. The lowest BCUT2D eigenvalue weighted by Gasteiger charge is -2.51. The van der Waals surface area contributed by atoms with Crippen LogP contribution in [0.5, 0.6) is 0 Å². The van der Waals surface area contributed by atoms with Crippen LogP contribution in [-0.4, -0.2) is 60.6 Å². The number of piperidine rings is 3. The zero-order valence-electron chi connectivity index (χ0n) is 15.9. The first kappa shape index (κ1) is 18.8. The second-order valence-electron chi connectivity index (χ2n) is 8.01. The largest absolute Gasteiger partial charge is 0.466 e. The molecule has 5 rings (SSSR count). The maximum absolute atomic E-state index is 14.6. The number of halogens is 2. The van der Waals surface area contributed by atoms with E-state index in [2.05, 4.69) is 9.80 Å². The highest BCUT2D eigenvalue weighted by molar-refractivity contribution is 5.69. The minimum atomic E-state index is -0.763. The fraction of sp³-hybridized carbons (Fsp3) is 0.667. The van der Waals surface area contributed by atoms with E-state index in [-0.39, 0.29) is 17.9 Å². The molecule has 4 fully saturated rings. The number of esters is 1. The maximum atomic E-state index is 14.6. The van der Waals surface area contributed by atoms with E-state index in [1.165, 1.54) is 18.9 Å². The van der Waals surface area contributed by atoms with Crippen molar-refractivity contribution in [2.24, 2.45) is 5.92 Å². The highest BCUT2D eigenvalue weighted by Gasteiger charge is 2.53. The molecule has 0 unspecified atom stereocenters. The van der Waals surface area contributed by atoms with Crippen LogP contribution in [0, 0.1) is 17.6 Å². The fourth-order valence-corrected chi connectivity index (χ4v) is 5.53. The number of rotatable bonds is 6. The van der Waals surface area contributed by atoms with Crippen LogP contribution in [0.2, 0.25) is 0 Å². The van der Waals surface area contributed by atoms with Crippen LogP contribution in [0.15, 0.2) is 18.2 Å². The average molecular weight is 378 g/mol. The predicted octanol–water partition coefficient (Wildman–Crippen LogP) is 3.17. The molecule has 4 aliphatic rings. The van der Waals surface area contributed by atoms with Gasteiger partial charge in [-0.05, 0) is 63.4 Å². The van der Waals surface area contributed by atoms with Crippen LogP contribution in [0.4, 0.5) is 8.78 Å². The normalized spacial score (nSPS) is 32.5. The van der Waals surface area contributed by atoms with Crippen molar-refractivity contribution in [1.82, 2.24) is 9.80 Å². The Bertz CT molecular complexity index is 691. The standard InChI is InChI=1S/C21H28F2N2O2/c1-2-27-18(26)7-4-10-25-13-16(15-5-3-6-17(22)19(15)23)21-20(25)14-8-11-24(21)12-9-14/h3,5-6,14,16,20-21H,2,4,7-13H2,1H3/t16-,20-,21-/m1/s1. The summed E-state index contributed by atoms with van der Waals surface area (Å²) >= 11 is 0. The third-order valence-electron chi connectivity index (χ3n) is 6.61. The number of nitrogens with zero attached hydrogens (tertiary/aromatic N) is 2. The number of likely N-dealkylation sites (tertiary alicyclic amines) is 1. The van der Waals surface area contributed by atoms with Gasteiger partial charge in [0.25, 0.3) is 0 Å². The van der Waals surface area contributed by atoms with Crippen molar-refractivity contribution in [3.8, 4) is 0 Å². The summed E-state index contributed by atoms with van der Waals surface area (Å²) in [5.41, 5.74) is 0.505. The minimum absolute atomic E-state index is 0.0172. The molecule has 6 heteroatoms. The number of hydrogen-bond acceptors (Lipinski definition) is 4.